The molecule has 1 N–H and O–H groups in total. The summed E-state index contributed by atoms with van der Waals surface area (Å²) in [7, 11) is -0.429. The first-order chi connectivity index (χ1) is 9.43. The van der Waals surface area contributed by atoms with Crippen LogP contribution in [0.3, 0.4) is 0 Å². The minimum absolute atomic E-state index is 0.231. The molecule has 0 fully saturated rings. The molecule has 7 heteroatoms. The Labute approximate surface area is 121 Å². The van der Waals surface area contributed by atoms with Gasteiger partial charge in [-0.3, -0.25) is 0 Å². The molecule has 0 amide bonds. The Bertz CT molecular complexity index is 519. The molecular formula is C13H23N3O3S. The molecule has 20 heavy (non-hydrogen) atoms. The summed E-state index contributed by atoms with van der Waals surface area (Å²) in [6.45, 7) is 4.94. The minimum Gasteiger partial charge on any atom is -0.383 e. The minimum atomic E-state index is -3.53. The van der Waals surface area contributed by atoms with Gasteiger partial charge < -0.3 is 10.1 Å². The first kappa shape index (κ1) is 16.9. The third-order valence-corrected chi connectivity index (χ3v) is 4.96. The topological polar surface area (TPSA) is 71.5 Å². The van der Waals surface area contributed by atoms with Gasteiger partial charge in [0.15, 0.2) is 0 Å². The summed E-state index contributed by atoms with van der Waals surface area (Å²) >= 11 is 0. The van der Waals surface area contributed by atoms with Crippen LogP contribution in [-0.4, -0.2) is 51.1 Å². The van der Waals surface area contributed by atoms with E-state index < -0.39 is 10.0 Å². The molecule has 0 radical (unpaired) electrons. The molecule has 114 valence electrons. The summed E-state index contributed by atoms with van der Waals surface area (Å²) in [5.74, 6) is 0.570. The highest BCUT2D eigenvalue weighted by Gasteiger charge is 2.25. The lowest BCUT2D eigenvalue weighted by molar-refractivity contribution is 0.149. The van der Waals surface area contributed by atoms with E-state index >= 15 is 0 Å². The van der Waals surface area contributed by atoms with E-state index in [9.17, 15) is 8.42 Å². The fourth-order valence-corrected chi connectivity index (χ4v) is 3.03. The van der Waals surface area contributed by atoms with Gasteiger partial charge in [0.05, 0.1) is 11.5 Å². The summed E-state index contributed by atoms with van der Waals surface area (Å²) in [4.78, 5) is 4.35. The average molecular weight is 301 g/mol. The zero-order valence-electron chi connectivity index (χ0n) is 12.5. The van der Waals surface area contributed by atoms with E-state index in [2.05, 4.69) is 10.3 Å². The normalized spacial score (nSPS) is 13.4. The third-order valence-electron chi connectivity index (χ3n) is 2.99. The summed E-state index contributed by atoms with van der Waals surface area (Å²) in [5.41, 5.74) is 0. The second-order valence-corrected chi connectivity index (χ2v) is 6.63. The number of ether oxygens (including phenoxy) is 1. The molecule has 0 bridgehead atoms. The number of likely N-dealkylation sites (N-methyl/N-ethyl adjacent to an activating group) is 1. The number of pyridine rings is 1. The van der Waals surface area contributed by atoms with E-state index in [-0.39, 0.29) is 10.9 Å². The van der Waals surface area contributed by atoms with Crippen molar-refractivity contribution in [2.24, 2.45) is 0 Å². The molecule has 0 aliphatic carbocycles. The van der Waals surface area contributed by atoms with Crippen molar-refractivity contribution < 1.29 is 13.2 Å². The molecule has 0 aliphatic heterocycles. The Balaban J connectivity index is 2.97. The number of aromatic nitrogens is 1. The summed E-state index contributed by atoms with van der Waals surface area (Å²) in [5, 5.41) is 3.08. The van der Waals surface area contributed by atoms with E-state index in [0.717, 1.165) is 13.0 Å². The quantitative estimate of drug-likeness (QED) is 0.789. The van der Waals surface area contributed by atoms with Gasteiger partial charge in [0.2, 0.25) is 10.0 Å². The first-order valence-electron chi connectivity index (χ1n) is 6.60. The van der Waals surface area contributed by atoms with Gasteiger partial charge in [-0.25, -0.2) is 13.4 Å². The second kappa shape index (κ2) is 7.56. The summed E-state index contributed by atoms with van der Waals surface area (Å²) in [6, 6.07) is 2.83. The van der Waals surface area contributed by atoms with Crippen LogP contribution in [0.2, 0.25) is 0 Å². The lowest BCUT2D eigenvalue weighted by atomic mass is 10.4. The van der Waals surface area contributed by atoms with Gasteiger partial charge in [-0.05, 0) is 19.4 Å². The fraction of sp³-hybridized carbons (Fsp3) is 0.615. The smallest absolute Gasteiger partial charge is 0.243 e. The van der Waals surface area contributed by atoms with E-state index in [1.807, 2.05) is 6.92 Å². The van der Waals surface area contributed by atoms with Gasteiger partial charge in [0.25, 0.3) is 0 Å². The van der Waals surface area contributed by atoms with E-state index in [1.165, 1.54) is 16.6 Å². The highest BCUT2D eigenvalue weighted by molar-refractivity contribution is 7.89. The van der Waals surface area contributed by atoms with Crippen LogP contribution in [0.5, 0.6) is 0 Å². The molecular weight excluding hydrogens is 278 g/mol. The van der Waals surface area contributed by atoms with Gasteiger partial charge in [-0.2, -0.15) is 4.31 Å². The van der Waals surface area contributed by atoms with Crippen molar-refractivity contribution in [3.63, 3.8) is 0 Å². The van der Waals surface area contributed by atoms with Crippen LogP contribution in [0.25, 0.3) is 0 Å². The number of nitrogens with one attached hydrogen (secondary N) is 1. The Morgan fingerprint density at radius 1 is 1.50 bits per heavy atom. The standard InChI is InChI=1S/C13H23N3O3S/c1-5-7-14-13-9-12(6-8-15-13)20(17,18)16(3)11(2)10-19-4/h6,8-9,11H,5,7,10H2,1-4H3,(H,14,15). The molecule has 0 aromatic carbocycles. The lowest BCUT2D eigenvalue weighted by Crippen LogP contribution is -2.37. The molecule has 1 aromatic rings. The zero-order chi connectivity index (χ0) is 15.2. The molecule has 0 spiro atoms. The van der Waals surface area contributed by atoms with Crippen molar-refractivity contribution in [2.45, 2.75) is 31.2 Å². The maximum Gasteiger partial charge on any atom is 0.243 e. The van der Waals surface area contributed by atoms with Crippen LogP contribution in [0, 0.1) is 0 Å². The van der Waals surface area contributed by atoms with Crippen molar-refractivity contribution >= 4 is 15.8 Å². The molecule has 1 aromatic heterocycles. The summed E-state index contributed by atoms with van der Waals surface area (Å²) in [6.07, 6.45) is 2.45. The molecule has 0 saturated heterocycles. The highest BCUT2D eigenvalue weighted by atomic mass is 32.2. The second-order valence-electron chi connectivity index (χ2n) is 4.63. The van der Waals surface area contributed by atoms with Crippen molar-refractivity contribution in [2.75, 3.05) is 32.6 Å². The van der Waals surface area contributed by atoms with Gasteiger partial charge in [0.1, 0.15) is 5.82 Å². The van der Waals surface area contributed by atoms with E-state index in [1.54, 1.807) is 27.1 Å². The van der Waals surface area contributed by atoms with Crippen LogP contribution in [0.15, 0.2) is 23.2 Å². The van der Waals surface area contributed by atoms with Crippen LogP contribution in [-0.2, 0) is 14.8 Å². The molecule has 1 rings (SSSR count). The number of methoxy groups -OCH3 is 1. The third kappa shape index (κ3) is 4.16. The highest BCUT2D eigenvalue weighted by Crippen LogP contribution is 2.18. The first-order valence-corrected chi connectivity index (χ1v) is 8.04. The van der Waals surface area contributed by atoms with Crippen molar-refractivity contribution in [3.8, 4) is 0 Å². The Kier molecular flexibility index (Phi) is 6.38. The molecule has 1 heterocycles. The van der Waals surface area contributed by atoms with Crippen LogP contribution in [0.4, 0.5) is 5.82 Å². The number of nitrogens with zero attached hydrogens (tertiary/aromatic N) is 2. The fourth-order valence-electron chi connectivity index (χ4n) is 1.67. The van der Waals surface area contributed by atoms with Crippen molar-refractivity contribution in [1.29, 1.82) is 0 Å². The number of hydrogen-bond acceptors (Lipinski definition) is 5. The van der Waals surface area contributed by atoms with Crippen LogP contribution in [0.1, 0.15) is 20.3 Å². The van der Waals surface area contributed by atoms with Gasteiger partial charge >= 0.3 is 0 Å². The van der Waals surface area contributed by atoms with Crippen LogP contribution < -0.4 is 5.32 Å². The van der Waals surface area contributed by atoms with E-state index in [4.69, 9.17) is 4.74 Å². The van der Waals surface area contributed by atoms with E-state index in [0.29, 0.717) is 12.4 Å². The predicted molar refractivity (Wildman–Crippen MR) is 79.3 cm³/mol. The maximum atomic E-state index is 12.5. The molecule has 0 aliphatic rings. The largest absolute Gasteiger partial charge is 0.383 e. The Morgan fingerprint density at radius 3 is 2.80 bits per heavy atom. The zero-order valence-corrected chi connectivity index (χ0v) is 13.3. The van der Waals surface area contributed by atoms with Gasteiger partial charge in [0, 0.05) is 39.0 Å². The maximum absolute atomic E-state index is 12.5. The molecule has 1 atom stereocenters. The Hall–Kier alpha value is -1.18. The lowest BCUT2D eigenvalue weighted by Gasteiger charge is -2.23. The molecule has 1 unspecified atom stereocenters. The van der Waals surface area contributed by atoms with Crippen molar-refractivity contribution in [3.05, 3.63) is 18.3 Å². The average Bonchev–Trinajstić information content (AvgIpc) is 2.44. The van der Waals surface area contributed by atoms with Crippen molar-refractivity contribution in [1.82, 2.24) is 9.29 Å². The SMILES string of the molecule is CCCNc1cc(S(=O)(=O)N(C)C(C)COC)ccn1. The Morgan fingerprint density at radius 2 is 2.20 bits per heavy atom. The number of sulfonamides is 1. The molecule has 6 nitrogen and oxygen atoms in total. The number of hydrogen-bond donors (Lipinski definition) is 1. The van der Waals surface area contributed by atoms with Crippen LogP contribution >= 0.6 is 0 Å². The number of rotatable bonds is 8. The predicted octanol–water partition coefficient (Wildman–Crippen LogP) is 1.56. The molecule has 0 saturated carbocycles. The summed E-state index contributed by atoms with van der Waals surface area (Å²) < 4.78 is 31.3. The number of anilines is 1. The van der Waals surface area contributed by atoms with Gasteiger partial charge in [-0.1, -0.05) is 6.92 Å². The monoisotopic (exact) mass is 301 g/mol. The van der Waals surface area contributed by atoms with Gasteiger partial charge in [-0.15, -0.1) is 0 Å².